The molecule has 2 aliphatic heterocycles. The second-order valence-corrected chi connectivity index (χ2v) is 9.05. The highest BCUT2D eigenvalue weighted by atomic mass is 35.5. The van der Waals surface area contributed by atoms with Gasteiger partial charge in [0, 0.05) is 5.41 Å². The van der Waals surface area contributed by atoms with Gasteiger partial charge in [-0.15, -0.1) is 10.2 Å². The van der Waals surface area contributed by atoms with Crippen molar-refractivity contribution in [1.82, 2.24) is 29.7 Å². The fourth-order valence-corrected chi connectivity index (χ4v) is 3.84. The van der Waals surface area contributed by atoms with E-state index in [-0.39, 0.29) is 10.6 Å². The zero-order valence-corrected chi connectivity index (χ0v) is 17.4. The van der Waals surface area contributed by atoms with E-state index in [9.17, 15) is 0 Å². The molecule has 2 aliphatic rings. The summed E-state index contributed by atoms with van der Waals surface area (Å²) in [6, 6.07) is 0. The van der Waals surface area contributed by atoms with Crippen LogP contribution in [-0.4, -0.2) is 47.7 Å². The molecule has 2 saturated heterocycles. The molecular weight excluding hydrogens is 400 g/mol. The monoisotopic (exact) mass is 420 g/mol. The summed E-state index contributed by atoms with van der Waals surface area (Å²) < 4.78 is 26.3. The maximum atomic E-state index is 6.30. The Morgan fingerprint density at radius 3 is 2.55 bits per heavy atom. The molecule has 154 valence electrons. The van der Waals surface area contributed by atoms with Crippen LogP contribution in [0.4, 0.5) is 0 Å². The minimum absolute atomic E-state index is 0.274. The molecule has 5 heterocycles. The minimum Gasteiger partial charge on any atom is -0.422 e. The van der Waals surface area contributed by atoms with Crippen LogP contribution in [0.5, 0.6) is 0 Å². The Bertz CT molecular complexity index is 1070. The average molecular weight is 421 g/mol. The minimum atomic E-state index is -0.786. The van der Waals surface area contributed by atoms with Crippen LogP contribution in [0.1, 0.15) is 58.7 Å². The lowest BCUT2D eigenvalue weighted by Gasteiger charge is -2.23. The Morgan fingerprint density at radius 2 is 1.83 bits per heavy atom. The second-order valence-electron chi connectivity index (χ2n) is 8.70. The highest BCUT2D eigenvalue weighted by Gasteiger charge is 2.58. The van der Waals surface area contributed by atoms with Crippen LogP contribution in [0.2, 0.25) is 5.15 Å². The summed E-state index contributed by atoms with van der Waals surface area (Å²) in [5, 5.41) is 8.67. The SMILES string of the molecule is CC1(C)OC2[C@H](n3cnc4c(Cl)ncnc43)O[C@H](c3nnc(C(C)(C)C)o3)[C@H]2O1. The van der Waals surface area contributed by atoms with Gasteiger partial charge in [-0.05, 0) is 13.8 Å². The fraction of sp³-hybridized carbons (Fsp3) is 0.611. The Labute approximate surface area is 171 Å². The molecule has 5 rings (SSSR count). The zero-order chi connectivity index (χ0) is 20.6. The number of fused-ring (bicyclic) bond motifs is 2. The van der Waals surface area contributed by atoms with Gasteiger partial charge < -0.3 is 18.6 Å². The van der Waals surface area contributed by atoms with E-state index in [1.165, 1.54) is 6.33 Å². The summed E-state index contributed by atoms with van der Waals surface area (Å²) in [6.07, 6.45) is 0.983. The number of aromatic nitrogens is 6. The first kappa shape index (κ1) is 18.9. The van der Waals surface area contributed by atoms with E-state index in [1.54, 1.807) is 10.9 Å². The Kier molecular flexibility index (Phi) is 4.02. The second kappa shape index (κ2) is 6.18. The van der Waals surface area contributed by atoms with Crippen molar-refractivity contribution in [3.05, 3.63) is 29.6 Å². The summed E-state index contributed by atoms with van der Waals surface area (Å²) in [4.78, 5) is 12.6. The number of rotatable bonds is 2. The van der Waals surface area contributed by atoms with Crippen LogP contribution in [0, 0.1) is 0 Å². The van der Waals surface area contributed by atoms with Gasteiger partial charge in [0.2, 0.25) is 11.8 Å². The first-order chi connectivity index (χ1) is 13.6. The molecule has 29 heavy (non-hydrogen) atoms. The molecule has 3 aromatic heterocycles. The van der Waals surface area contributed by atoms with Crippen molar-refractivity contribution in [1.29, 1.82) is 0 Å². The number of nitrogens with zero attached hydrogens (tertiary/aromatic N) is 6. The van der Waals surface area contributed by atoms with Gasteiger partial charge in [-0.3, -0.25) is 4.57 Å². The molecule has 0 bridgehead atoms. The van der Waals surface area contributed by atoms with E-state index >= 15 is 0 Å². The topological polar surface area (TPSA) is 110 Å². The molecule has 0 amide bonds. The molecule has 0 spiro atoms. The van der Waals surface area contributed by atoms with E-state index in [0.29, 0.717) is 22.9 Å². The van der Waals surface area contributed by atoms with Crippen molar-refractivity contribution in [3.8, 4) is 0 Å². The van der Waals surface area contributed by atoms with E-state index < -0.39 is 30.3 Å². The van der Waals surface area contributed by atoms with Crippen LogP contribution < -0.4 is 0 Å². The third-order valence-corrected chi connectivity index (χ3v) is 5.22. The molecule has 2 fully saturated rings. The van der Waals surface area contributed by atoms with Crippen molar-refractivity contribution in [2.45, 2.75) is 70.4 Å². The molecule has 3 aromatic rings. The van der Waals surface area contributed by atoms with Gasteiger partial charge in [-0.1, -0.05) is 32.4 Å². The normalized spacial score (nSPS) is 28.9. The third kappa shape index (κ3) is 3.02. The van der Waals surface area contributed by atoms with Crippen LogP contribution in [0.25, 0.3) is 11.2 Å². The molecule has 1 unspecified atom stereocenters. The lowest BCUT2D eigenvalue weighted by molar-refractivity contribution is -0.199. The Morgan fingerprint density at radius 1 is 1.07 bits per heavy atom. The van der Waals surface area contributed by atoms with E-state index in [0.717, 1.165) is 0 Å². The molecule has 0 N–H and O–H groups in total. The number of halogens is 1. The zero-order valence-electron chi connectivity index (χ0n) is 16.7. The van der Waals surface area contributed by atoms with Crippen LogP contribution in [0.15, 0.2) is 17.1 Å². The average Bonchev–Trinajstić information content (AvgIpc) is 3.36. The third-order valence-electron chi connectivity index (χ3n) is 4.94. The number of hydrogen-bond donors (Lipinski definition) is 0. The first-order valence-corrected chi connectivity index (χ1v) is 9.70. The van der Waals surface area contributed by atoms with Gasteiger partial charge in [-0.25, -0.2) is 15.0 Å². The highest BCUT2D eigenvalue weighted by Crippen LogP contribution is 2.49. The van der Waals surface area contributed by atoms with Crippen molar-refractivity contribution in [2.75, 3.05) is 0 Å². The molecular formula is C18H21ClN6O4. The summed E-state index contributed by atoms with van der Waals surface area (Å²) in [5.74, 6) is 0.0959. The largest absolute Gasteiger partial charge is 0.422 e. The van der Waals surface area contributed by atoms with Crippen molar-refractivity contribution in [2.24, 2.45) is 0 Å². The molecule has 0 aliphatic carbocycles. The summed E-state index contributed by atoms with van der Waals surface area (Å²) in [6.45, 7) is 9.73. The van der Waals surface area contributed by atoms with Crippen LogP contribution >= 0.6 is 11.6 Å². The van der Waals surface area contributed by atoms with Crippen molar-refractivity contribution >= 4 is 22.8 Å². The van der Waals surface area contributed by atoms with Gasteiger partial charge in [-0.2, -0.15) is 0 Å². The predicted molar refractivity (Wildman–Crippen MR) is 100 cm³/mol. The lowest BCUT2D eigenvalue weighted by atomic mass is 9.97. The number of hydrogen-bond acceptors (Lipinski definition) is 9. The van der Waals surface area contributed by atoms with Gasteiger partial charge >= 0.3 is 0 Å². The van der Waals surface area contributed by atoms with Gasteiger partial charge in [0.25, 0.3) is 0 Å². The molecule has 0 radical (unpaired) electrons. The molecule has 11 heteroatoms. The first-order valence-electron chi connectivity index (χ1n) is 9.32. The van der Waals surface area contributed by atoms with E-state index in [2.05, 4.69) is 25.1 Å². The number of ether oxygens (including phenoxy) is 3. The Hall–Kier alpha value is -2.14. The molecule has 0 aromatic carbocycles. The van der Waals surface area contributed by atoms with Crippen LogP contribution in [-0.2, 0) is 19.6 Å². The number of imidazole rings is 1. The lowest BCUT2D eigenvalue weighted by Crippen LogP contribution is -2.27. The van der Waals surface area contributed by atoms with Crippen molar-refractivity contribution in [3.63, 3.8) is 0 Å². The summed E-state index contributed by atoms with van der Waals surface area (Å²) >= 11 is 6.15. The van der Waals surface area contributed by atoms with Gasteiger partial charge in [0.15, 0.2) is 28.9 Å². The molecule has 10 nitrogen and oxygen atoms in total. The maximum absolute atomic E-state index is 6.30. The van der Waals surface area contributed by atoms with Gasteiger partial charge in [0.05, 0.1) is 6.33 Å². The maximum Gasteiger partial charge on any atom is 0.248 e. The van der Waals surface area contributed by atoms with E-state index in [1.807, 2.05) is 34.6 Å². The van der Waals surface area contributed by atoms with E-state index in [4.69, 9.17) is 30.2 Å². The van der Waals surface area contributed by atoms with Crippen molar-refractivity contribution < 1.29 is 18.6 Å². The van der Waals surface area contributed by atoms with Gasteiger partial charge in [0.1, 0.15) is 24.1 Å². The fourth-order valence-electron chi connectivity index (χ4n) is 3.66. The standard InChI is InChI=1S/C18H21ClN6O4/c1-17(2,3)16-24-23-14(27-16)10-9-11(29-18(4,5)28-9)15(26-10)25-7-22-8-12(19)20-6-21-13(8)25/h6-7,9-11,15H,1-5H3/t9-,10+,11?,15-/m1/s1. The molecule has 0 saturated carbocycles. The molecule has 4 atom stereocenters. The highest BCUT2D eigenvalue weighted by molar-refractivity contribution is 6.33. The summed E-state index contributed by atoms with van der Waals surface area (Å²) in [5.41, 5.74) is 0.760. The Balaban J connectivity index is 1.55. The smallest absolute Gasteiger partial charge is 0.248 e. The van der Waals surface area contributed by atoms with Crippen LogP contribution in [0.3, 0.4) is 0 Å². The quantitative estimate of drug-likeness (QED) is 0.577. The summed E-state index contributed by atoms with van der Waals surface area (Å²) in [7, 11) is 0. The predicted octanol–water partition coefficient (Wildman–Crippen LogP) is 2.95.